The second-order valence-electron chi connectivity index (χ2n) is 16.5. The van der Waals surface area contributed by atoms with E-state index in [0.29, 0.717) is 29.5 Å². The summed E-state index contributed by atoms with van der Waals surface area (Å²) in [5, 5.41) is 56.6. The molecular formula is C47H31N11O17S6. The molecule has 0 aliphatic heterocycles. The van der Waals surface area contributed by atoms with E-state index < -0.39 is 104 Å². The minimum absolute atomic E-state index is 0.0615. The normalized spacial score (nSPS) is 12.5. The molecule has 28 nitrogen and oxygen atoms in total. The van der Waals surface area contributed by atoms with Crippen LogP contribution in [0.2, 0.25) is 0 Å². The number of benzene rings is 6. The number of hydrogen-bond donors (Lipinski definition) is 8. The summed E-state index contributed by atoms with van der Waals surface area (Å²) in [7, 11) is -19.9. The van der Waals surface area contributed by atoms with E-state index in [1.54, 1.807) is 0 Å². The zero-order chi connectivity index (χ0) is 58.9. The van der Waals surface area contributed by atoms with Gasteiger partial charge in [0.1, 0.15) is 38.2 Å². The number of nitriles is 2. The number of amides is 1. The van der Waals surface area contributed by atoms with Crippen LogP contribution in [0, 0.1) is 39.7 Å². The summed E-state index contributed by atoms with van der Waals surface area (Å²) >= 11 is -1.92. The lowest BCUT2D eigenvalue weighted by Gasteiger charge is -2.16. The first-order chi connectivity index (χ1) is 38.0. The Kier molecular flexibility index (Phi) is 16.1. The van der Waals surface area contributed by atoms with Crippen LogP contribution in [0.25, 0.3) is 21.9 Å². The standard InChI is InChI=1S/C47H31N11O17S6/c1-24-36(22-48)43(50-26-10-14-31(15-11-26)78(64,65)66)53-44(51-27-12-16-32(17-13-27)79(67,68)69)42(24)55-56-46-37(23-49)41(25-6-8-28(9-7-25)52-45(59)33-4-2-3-5-38(33)77(62)63)47(76-46)57-54-29-18-34-35(39(19-29)80(70,71)72)20-30(58(60)61)21-40(34)81(73,74)75/h2-21H,1H3,(H,52,59)(H,62,63)(H2,50,51,53)(H,64,65,66)(H,67,68,69)(H,70,71,72)(H,73,74,75). The molecule has 0 saturated heterocycles. The Morgan fingerprint density at radius 2 is 1.17 bits per heavy atom. The summed E-state index contributed by atoms with van der Waals surface area (Å²) in [6.07, 6.45) is 0. The van der Waals surface area contributed by atoms with Crippen LogP contribution in [0.5, 0.6) is 0 Å². The summed E-state index contributed by atoms with van der Waals surface area (Å²) in [6, 6.07) is 26.9. The van der Waals surface area contributed by atoms with Crippen LogP contribution in [0.4, 0.5) is 55.8 Å². The van der Waals surface area contributed by atoms with Gasteiger partial charge < -0.3 is 20.5 Å². The fourth-order valence-corrected chi connectivity index (χ4v) is 11.5. The van der Waals surface area contributed by atoms with Gasteiger partial charge in [-0.3, -0.25) is 33.1 Å². The molecule has 0 saturated carbocycles. The third-order valence-corrected chi connectivity index (χ3v) is 16.5. The lowest BCUT2D eigenvalue weighted by Crippen LogP contribution is -2.14. The first-order valence-corrected chi connectivity index (χ1v) is 29.6. The van der Waals surface area contributed by atoms with Gasteiger partial charge >= 0.3 is 0 Å². The summed E-state index contributed by atoms with van der Waals surface area (Å²) in [5.41, 5.74) is -1.66. The Bertz CT molecular complexity index is 4600. The Balaban J connectivity index is 1.30. The first-order valence-electron chi connectivity index (χ1n) is 21.9. The monoisotopic (exact) mass is 1210 g/mol. The van der Waals surface area contributed by atoms with Gasteiger partial charge in [0.15, 0.2) is 27.7 Å². The maximum atomic E-state index is 13.3. The van der Waals surface area contributed by atoms with E-state index in [2.05, 4.69) is 41.4 Å². The van der Waals surface area contributed by atoms with E-state index in [1.807, 2.05) is 12.1 Å². The van der Waals surface area contributed by atoms with Gasteiger partial charge in [0.05, 0.1) is 36.4 Å². The molecule has 8 aromatic rings. The van der Waals surface area contributed by atoms with Gasteiger partial charge in [-0.05, 0) is 97.4 Å². The molecule has 0 bridgehead atoms. The second-order valence-corrected chi connectivity index (χ2v) is 24.0. The van der Waals surface area contributed by atoms with Gasteiger partial charge in [0, 0.05) is 51.1 Å². The molecule has 1 amide bonds. The molecule has 0 spiro atoms. The van der Waals surface area contributed by atoms with Crippen LogP contribution < -0.4 is 16.0 Å². The average molecular weight is 1210 g/mol. The number of anilines is 5. The number of carbonyl (C=O) groups is 1. The zero-order valence-corrected chi connectivity index (χ0v) is 45.1. The van der Waals surface area contributed by atoms with E-state index in [1.165, 1.54) is 79.7 Å². The van der Waals surface area contributed by atoms with Crippen molar-refractivity contribution >= 4 is 135 Å². The highest BCUT2D eigenvalue weighted by molar-refractivity contribution is 7.87. The number of hydrogen-bond acceptors (Lipinski definition) is 22. The zero-order valence-electron chi connectivity index (χ0n) is 40.2. The highest BCUT2D eigenvalue weighted by Gasteiger charge is 2.28. The number of aromatic nitrogens is 1. The van der Waals surface area contributed by atoms with Gasteiger partial charge in [0.2, 0.25) is 0 Å². The van der Waals surface area contributed by atoms with Crippen LogP contribution in [-0.4, -0.2) is 76.5 Å². The van der Waals surface area contributed by atoms with Crippen LogP contribution in [0.15, 0.2) is 166 Å². The SMILES string of the molecule is Cc1c(C#N)c(Nc2ccc(S(=O)(=O)O)cc2)nc(Nc2ccc(S(=O)(=O)O)cc2)c1N=Nc1sc(N=Nc2cc(S(=O)(=O)O)c3cc([N+](=O)[O-])cc(S(=O)(=O)O)c3c2)c(-c2ccc(NC(=O)c3ccccc3S(=O)O)cc2)c1C#N. The van der Waals surface area contributed by atoms with Crippen molar-refractivity contribution in [3.05, 3.63) is 154 Å². The summed E-state index contributed by atoms with van der Waals surface area (Å²) < 4.78 is 159. The van der Waals surface area contributed by atoms with Gasteiger partial charge in [0.25, 0.3) is 52.1 Å². The third-order valence-electron chi connectivity index (χ3n) is 11.3. The topological polar surface area (TPSA) is 461 Å². The van der Waals surface area contributed by atoms with E-state index >= 15 is 0 Å². The first kappa shape index (κ1) is 58.0. The molecule has 8 rings (SSSR count). The largest absolute Gasteiger partial charge is 0.339 e. The highest BCUT2D eigenvalue weighted by atomic mass is 32.2. The van der Waals surface area contributed by atoms with Gasteiger partial charge in [-0.25, -0.2) is 9.19 Å². The van der Waals surface area contributed by atoms with Crippen molar-refractivity contribution < 1.29 is 70.4 Å². The van der Waals surface area contributed by atoms with Crippen molar-refractivity contribution in [1.82, 2.24) is 4.98 Å². The molecular weight excluding hydrogens is 1180 g/mol. The number of rotatable bonds is 17. The molecule has 0 aliphatic rings. The second kappa shape index (κ2) is 22.5. The minimum Gasteiger partial charge on any atom is -0.339 e. The Morgan fingerprint density at radius 1 is 0.654 bits per heavy atom. The molecule has 2 heterocycles. The molecule has 34 heteroatoms. The third kappa shape index (κ3) is 12.8. The Morgan fingerprint density at radius 3 is 1.70 bits per heavy atom. The quantitative estimate of drug-likeness (QED) is 0.0138. The minimum atomic E-state index is -5.36. The van der Waals surface area contributed by atoms with Crippen LogP contribution in [0.1, 0.15) is 27.0 Å². The average Bonchev–Trinajstić information content (AvgIpc) is 3.78. The van der Waals surface area contributed by atoms with E-state index in [0.717, 1.165) is 30.3 Å². The number of nitro benzene ring substituents is 1. The van der Waals surface area contributed by atoms with E-state index in [9.17, 15) is 86.1 Å². The maximum Gasteiger partial charge on any atom is 0.295 e. The molecule has 81 heavy (non-hydrogen) atoms. The molecule has 8 N–H and O–H groups in total. The molecule has 0 fully saturated rings. The fraction of sp³-hybridized carbons (Fsp3) is 0.0213. The smallest absolute Gasteiger partial charge is 0.295 e. The highest BCUT2D eigenvalue weighted by Crippen LogP contribution is 2.49. The number of fused-ring (bicyclic) bond motifs is 1. The fourth-order valence-electron chi connectivity index (χ4n) is 7.62. The molecule has 1 unspecified atom stereocenters. The van der Waals surface area contributed by atoms with Crippen molar-refractivity contribution in [3.63, 3.8) is 0 Å². The molecule has 0 radical (unpaired) electrons. The molecule has 1 atom stereocenters. The number of nitrogens with one attached hydrogen (secondary N) is 3. The van der Waals surface area contributed by atoms with Crippen LogP contribution in [-0.2, 0) is 51.6 Å². The van der Waals surface area contributed by atoms with Crippen LogP contribution in [0.3, 0.4) is 0 Å². The summed E-state index contributed by atoms with van der Waals surface area (Å²) in [6.45, 7) is 1.43. The van der Waals surface area contributed by atoms with Crippen molar-refractivity contribution in [1.29, 1.82) is 10.5 Å². The van der Waals surface area contributed by atoms with Gasteiger partial charge in [-0.1, -0.05) is 35.6 Å². The summed E-state index contributed by atoms with van der Waals surface area (Å²) in [5.74, 6) is -1.11. The lowest BCUT2D eigenvalue weighted by molar-refractivity contribution is -0.384. The van der Waals surface area contributed by atoms with Crippen LogP contribution >= 0.6 is 11.3 Å². The van der Waals surface area contributed by atoms with E-state index in [4.69, 9.17) is 0 Å². The van der Waals surface area contributed by atoms with Crippen molar-refractivity contribution in [3.8, 4) is 23.3 Å². The number of nitro groups is 1. The molecule has 2 aromatic heterocycles. The molecule has 0 aliphatic carbocycles. The van der Waals surface area contributed by atoms with Crippen molar-refractivity contribution in [2.24, 2.45) is 20.5 Å². The Hall–Kier alpha value is -9.17. The number of carbonyl (C=O) groups excluding carboxylic acids is 1. The predicted molar refractivity (Wildman–Crippen MR) is 289 cm³/mol. The van der Waals surface area contributed by atoms with E-state index in [-0.39, 0.29) is 82.7 Å². The summed E-state index contributed by atoms with van der Waals surface area (Å²) in [4.78, 5) is 25.1. The number of azo groups is 2. The number of thiophene rings is 1. The predicted octanol–water partition coefficient (Wildman–Crippen LogP) is 10.1. The number of nitrogens with zero attached hydrogens (tertiary/aromatic N) is 8. The maximum absolute atomic E-state index is 13.3. The van der Waals surface area contributed by atoms with Crippen molar-refractivity contribution in [2.75, 3.05) is 16.0 Å². The van der Waals surface area contributed by atoms with Crippen molar-refractivity contribution in [2.45, 2.75) is 31.4 Å². The molecule has 6 aromatic carbocycles. The lowest BCUT2D eigenvalue weighted by atomic mass is 10.0. The van der Waals surface area contributed by atoms with Gasteiger partial charge in [-0.2, -0.15) is 44.2 Å². The Labute approximate surface area is 463 Å². The molecule has 412 valence electrons. The number of pyridine rings is 1. The number of non-ortho nitro benzene ring substituents is 1. The van der Waals surface area contributed by atoms with Gasteiger partial charge in [-0.15, -0.1) is 20.5 Å².